The first kappa shape index (κ1) is 11.4. The zero-order valence-corrected chi connectivity index (χ0v) is 8.41. The van der Waals surface area contributed by atoms with Crippen molar-refractivity contribution in [2.45, 2.75) is 0 Å². The molecule has 0 fully saturated rings. The van der Waals surface area contributed by atoms with Crippen LogP contribution in [0.15, 0.2) is 18.2 Å². The molecule has 0 aliphatic heterocycles. The zero-order chi connectivity index (χ0) is 8.27. The van der Waals surface area contributed by atoms with E-state index in [9.17, 15) is 0 Å². The van der Waals surface area contributed by atoms with E-state index in [0.29, 0.717) is 10.8 Å². The van der Waals surface area contributed by atoms with E-state index < -0.39 is 0 Å². The predicted octanol–water partition coefficient (Wildman–Crippen LogP) is -0.493. The fraction of sp³-hybridized carbons (Fsp3) is 0.250. The topological polar surface area (TPSA) is 21.3 Å². The number of methoxy groups -OCH3 is 1. The lowest BCUT2D eigenvalue weighted by Gasteiger charge is -2.04. The molecule has 0 heterocycles. The lowest BCUT2D eigenvalue weighted by molar-refractivity contribution is -0.00000247. The Morgan fingerprint density at radius 1 is 1.50 bits per heavy atom. The van der Waals surface area contributed by atoms with Crippen molar-refractivity contribution >= 4 is 17.3 Å². The zero-order valence-electron chi connectivity index (χ0n) is 7.90. The summed E-state index contributed by atoms with van der Waals surface area (Å²) in [4.78, 5) is 0. The van der Waals surface area contributed by atoms with Gasteiger partial charge in [-0.15, -0.1) is 0 Å². The SMILES string of the molecule is CNc1ccc(OC)c(Cl)c1.[Cl-].[H+]. The van der Waals surface area contributed by atoms with Crippen LogP contribution < -0.4 is 22.5 Å². The molecule has 0 aromatic heterocycles. The Hall–Kier alpha value is -0.600. The van der Waals surface area contributed by atoms with Crippen molar-refractivity contribution in [1.82, 2.24) is 0 Å². The molecule has 1 aromatic rings. The molecule has 0 amide bonds. The second-order valence-corrected chi connectivity index (χ2v) is 2.51. The van der Waals surface area contributed by atoms with Gasteiger partial charge in [0.05, 0.1) is 12.1 Å². The summed E-state index contributed by atoms with van der Waals surface area (Å²) in [5.41, 5.74) is 0.982. The van der Waals surface area contributed by atoms with Gasteiger partial charge in [0.15, 0.2) is 0 Å². The molecule has 0 saturated carbocycles. The molecule has 1 N–H and O–H groups in total. The van der Waals surface area contributed by atoms with Gasteiger partial charge in [-0.2, -0.15) is 0 Å². The molecule has 0 saturated heterocycles. The van der Waals surface area contributed by atoms with Crippen molar-refractivity contribution in [3.63, 3.8) is 0 Å². The van der Waals surface area contributed by atoms with Crippen LogP contribution in [-0.4, -0.2) is 14.2 Å². The predicted molar refractivity (Wildman–Crippen MR) is 48.7 cm³/mol. The van der Waals surface area contributed by atoms with Crippen LogP contribution in [0.25, 0.3) is 0 Å². The minimum absolute atomic E-state index is 0. The first-order chi connectivity index (χ1) is 5.27. The molecule has 2 nitrogen and oxygen atoms in total. The summed E-state index contributed by atoms with van der Waals surface area (Å²) in [6.45, 7) is 0. The highest BCUT2D eigenvalue weighted by molar-refractivity contribution is 6.32. The summed E-state index contributed by atoms with van der Waals surface area (Å²) < 4.78 is 4.98. The molecule has 0 bridgehead atoms. The highest BCUT2D eigenvalue weighted by atomic mass is 35.5. The third kappa shape index (κ3) is 2.47. The Balaban J connectivity index is 0. The van der Waals surface area contributed by atoms with Gasteiger partial charge in [-0.05, 0) is 18.2 Å². The van der Waals surface area contributed by atoms with Crippen LogP contribution in [0.1, 0.15) is 1.43 Å². The molecule has 0 aliphatic carbocycles. The molecule has 1 aromatic carbocycles. The maximum atomic E-state index is 5.84. The number of nitrogens with one attached hydrogen (secondary N) is 1. The molecule has 0 radical (unpaired) electrons. The minimum Gasteiger partial charge on any atom is -1.00 e. The van der Waals surface area contributed by atoms with Gasteiger partial charge in [0.1, 0.15) is 5.75 Å². The largest absolute Gasteiger partial charge is 1.00 e. The average molecular weight is 208 g/mol. The van der Waals surface area contributed by atoms with Crippen molar-refractivity contribution in [2.75, 3.05) is 19.5 Å². The number of hydrogen-bond acceptors (Lipinski definition) is 2. The van der Waals surface area contributed by atoms with E-state index in [1.165, 1.54) is 0 Å². The maximum Gasteiger partial charge on any atom is 1.00 e. The van der Waals surface area contributed by atoms with Gasteiger partial charge >= 0.3 is 1.43 Å². The molecule has 12 heavy (non-hydrogen) atoms. The van der Waals surface area contributed by atoms with E-state index in [2.05, 4.69) is 5.32 Å². The van der Waals surface area contributed by atoms with E-state index in [1.807, 2.05) is 25.2 Å². The fourth-order valence-corrected chi connectivity index (χ4v) is 1.08. The second-order valence-electron chi connectivity index (χ2n) is 2.10. The van der Waals surface area contributed by atoms with Gasteiger partial charge in [-0.1, -0.05) is 11.6 Å². The minimum atomic E-state index is 0. The summed E-state index contributed by atoms with van der Waals surface area (Å²) >= 11 is 5.84. The number of halogens is 2. The highest BCUT2D eigenvalue weighted by Gasteiger charge is 1.98. The Bertz CT molecular complexity index is 258. The van der Waals surface area contributed by atoms with E-state index in [1.54, 1.807) is 7.11 Å². The number of rotatable bonds is 2. The lowest BCUT2D eigenvalue weighted by Crippen LogP contribution is -3.00. The van der Waals surface area contributed by atoms with Crippen LogP contribution in [0, 0.1) is 0 Å². The molecule has 0 spiro atoms. The van der Waals surface area contributed by atoms with Crippen LogP contribution in [0.5, 0.6) is 5.75 Å². The second kappa shape index (κ2) is 5.12. The first-order valence-corrected chi connectivity index (χ1v) is 3.67. The molecular weight excluding hydrogens is 197 g/mol. The number of anilines is 1. The van der Waals surface area contributed by atoms with Crippen LogP contribution in [0.4, 0.5) is 5.69 Å². The fourth-order valence-electron chi connectivity index (χ4n) is 0.822. The van der Waals surface area contributed by atoms with Crippen LogP contribution >= 0.6 is 11.6 Å². The molecule has 0 atom stereocenters. The Kier molecular flexibility index (Phi) is 4.86. The van der Waals surface area contributed by atoms with Gasteiger partial charge in [-0.3, -0.25) is 0 Å². The van der Waals surface area contributed by atoms with Crippen molar-refractivity contribution < 1.29 is 18.6 Å². The number of benzene rings is 1. The van der Waals surface area contributed by atoms with Crippen molar-refractivity contribution in [3.05, 3.63) is 23.2 Å². The monoisotopic (exact) mass is 207 g/mol. The Labute approximate surface area is 84.8 Å². The summed E-state index contributed by atoms with van der Waals surface area (Å²) in [5, 5.41) is 3.60. The van der Waals surface area contributed by atoms with Gasteiger partial charge in [0.2, 0.25) is 0 Å². The summed E-state index contributed by atoms with van der Waals surface area (Å²) in [6.07, 6.45) is 0. The quantitative estimate of drug-likeness (QED) is 0.707. The third-order valence-electron chi connectivity index (χ3n) is 1.44. The Morgan fingerprint density at radius 3 is 2.58 bits per heavy atom. The Morgan fingerprint density at radius 2 is 2.17 bits per heavy atom. The average Bonchev–Trinajstić information content (AvgIpc) is 2.04. The van der Waals surface area contributed by atoms with Crippen molar-refractivity contribution in [1.29, 1.82) is 0 Å². The first-order valence-electron chi connectivity index (χ1n) is 3.29. The third-order valence-corrected chi connectivity index (χ3v) is 1.74. The van der Waals surface area contributed by atoms with Crippen LogP contribution in [0.3, 0.4) is 0 Å². The van der Waals surface area contributed by atoms with E-state index in [0.717, 1.165) is 5.69 Å². The van der Waals surface area contributed by atoms with Crippen LogP contribution in [-0.2, 0) is 0 Å². The molecule has 1 rings (SSSR count). The van der Waals surface area contributed by atoms with Gasteiger partial charge in [-0.25, -0.2) is 0 Å². The van der Waals surface area contributed by atoms with Gasteiger partial charge in [0, 0.05) is 12.7 Å². The standard InChI is InChI=1S/C8H10ClNO.ClH/c1-10-6-3-4-8(11-2)7(9)5-6;/h3-5,10H,1-2H3;1H. The van der Waals surface area contributed by atoms with Gasteiger partial charge in [0.25, 0.3) is 0 Å². The number of hydrogen-bond donors (Lipinski definition) is 1. The molecule has 4 heteroatoms. The smallest absolute Gasteiger partial charge is 1.00 e. The number of ether oxygens (including phenoxy) is 1. The van der Waals surface area contributed by atoms with Gasteiger partial charge < -0.3 is 22.5 Å². The van der Waals surface area contributed by atoms with Crippen LogP contribution in [0.2, 0.25) is 5.02 Å². The van der Waals surface area contributed by atoms with Crippen molar-refractivity contribution in [3.8, 4) is 5.75 Å². The lowest BCUT2D eigenvalue weighted by atomic mass is 10.3. The van der Waals surface area contributed by atoms with E-state index in [4.69, 9.17) is 16.3 Å². The summed E-state index contributed by atoms with van der Waals surface area (Å²) in [6, 6.07) is 5.55. The summed E-state index contributed by atoms with van der Waals surface area (Å²) in [5.74, 6) is 0.700. The molecule has 68 valence electrons. The molecular formula is C8H11Cl2NO. The molecule has 0 aliphatic rings. The molecule has 0 unspecified atom stereocenters. The highest BCUT2D eigenvalue weighted by Crippen LogP contribution is 2.26. The van der Waals surface area contributed by atoms with E-state index in [-0.39, 0.29) is 13.8 Å². The maximum absolute atomic E-state index is 5.84. The van der Waals surface area contributed by atoms with E-state index >= 15 is 0 Å². The summed E-state index contributed by atoms with van der Waals surface area (Å²) in [7, 11) is 3.44. The van der Waals surface area contributed by atoms with Crippen molar-refractivity contribution in [2.24, 2.45) is 0 Å². The normalized spacial score (nSPS) is 8.58.